The van der Waals surface area contributed by atoms with E-state index in [1.807, 2.05) is 85.2 Å². The molecule has 0 atom stereocenters. The predicted octanol–water partition coefficient (Wildman–Crippen LogP) is 9.05. The van der Waals surface area contributed by atoms with E-state index < -0.39 is 11.1 Å². The molecule has 0 aliphatic heterocycles. The van der Waals surface area contributed by atoms with Gasteiger partial charge in [-0.2, -0.15) is 0 Å². The van der Waals surface area contributed by atoms with Crippen LogP contribution in [0, 0.1) is 0 Å². The summed E-state index contributed by atoms with van der Waals surface area (Å²) in [6.07, 6.45) is 6.58. The molecule has 8 rings (SSSR count). The summed E-state index contributed by atoms with van der Waals surface area (Å²) in [5, 5.41) is 12.8. The van der Waals surface area contributed by atoms with Crippen molar-refractivity contribution >= 4 is 11.2 Å². The Hall–Kier alpha value is -6.81. The van der Waals surface area contributed by atoms with Crippen LogP contribution in [0.2, 0.25) is 0 Å². The third kappa shape index (κ3) is 7.31. The molecule has 0 bridgehead atoms. The van der Waals surface area contributed by atoms with Gasteiger partial charge in [0.15, 0.2) is 5.65 Å². The number of imidazole rings is 1. The highest BCUT2D eigenvalue weighted by Gasteiger charge is 2.45. The molecule has 59 heavy (non-hydrogen) atoms. The lowest BCUT2D eigenvalue weighted by Crippen LogP contribution is -2.54. The molecule has 0 fully saturated rings. The smallest absolute Gasteiger partial charge is 0.182 e. The molecule has 0 aliphatic rings. The molecule has 6 aromatic carbocycles. The number of fused-ring (bicyclic) bond motifs is 1. The maximum absolute atomic E-state index is 10.4. The average molecular weight is 782 g/mol. The number of aromatic nitrogens is 4. The standard InChI is InChI=1S/C50H47N5O4/c1-57-46-30-29-43(33-38(46)35-56)50(41-23-11-5-12-24-41,42-25-13-6-14-26-42)59-32-18-17-31-55(54-37-53-45-34-51-36-52-48(45)54)49(39-19-7-3-8-20-39,40-21-9-4-10-22-40)44-27-15-16-28-47(44)58-2/h3-16,19-30,33-34,36-37,56H,17-18,31-32,35H2,1-2H3. The van der Waals surface area contributed by atoms with E-state index >= 15 is 0 Å². The van der Waals surface area contributed by atoms with Crippen LogP contribution in [-0.4, -0.2) is 52.1 Å². The molecule has 0 aliphatic carbocycles. The van der Waals surface area contributed by atoms with Crippen LogP contribution in [0.3, 0.4) is 0 Å². The number of hydrogen-bond acceptors (Lipinski definition) is 8. The van der Waals surface area contributed by atoms with Crippen molar-refractivity contribution in [1.29, 1.82) is 0 Å². The van der Waals surface area contributed by atoms with Crippen LogP contribution in [0.1, 0.15) is 51.8 Å². The van der Waals surface area contributed by atoms with Gasteiger partial charge in [-0.25, -0.2) is 19.6 Å². The van der Waals surface area contributed by atoms with Crippen molar-refractivity contribution in [2.45, 2.75) is 30.6 Å². The van der Waals surface area contributed by atoms with E-state index in [0.29, 0.717) is 42.0 Å². The molecule has 0 amide bonds. The highest BCUT2D eigenvalue weighted by atomic mass is 16.5. The summed E-state index contributed by atoms with van der Waals surface area (Å²) in [6, 6.07) is 55.8. The van der Waals surface area contributed by atoms with Crippen LogP contribution >= 0.6 is 0 Å². The van der Waals surface area contributed by atoms with E-state index in [-0.39, 0.29) is 6.61 Å². The number of nitrogens with zero attached hydrogens (tertiary/aromatic N) is 5. The van der Waals surface area contributed by atoms with Crippen molar-refractivity contribution in [2.75, 3.05) is 32.4 Å². The summed E-state index contributed by atoms with van der Waals surface area (Å²) in [6.45, 7) is 0.821. The Balaban J connectivity index is 1.23. The van der Waals surface area contributed by atoms with Crippen LogP contribution in [0.5, 0.6) is 11.5 Å². The number of methoxy groups -OCH3 is 2. The molecule has 0 spiro atoms. The minimum Gasteiger partial charge on any atom is -0.496 e. The fourth-order valence-corrected chi connectivity index (χ4v) is 8.39. The molecule has 296 valence electrons. The Morgan fingerprint density at radius 3 is 1.78 bits per heavy atom. The number of aliphatic hydroxyl groups is 1. The topological polar surface area (TPSA) is 94.8 Å². The number of rotatable bonds is 17. The number of ether oxygens (including phenoxy) is 3. The molecule has 0 radical (unpaired) electrons. The molecular weight excluding hydrogens is 735 g/mol. The largest absolute Gasteiger partial charge is 0.496 e. The van der Waals surface area contributed by atoms with Gasteiger partial charge >= 0.3 is 0 Å². The van der Waals surface area contributed by atoms with E-state index in [1.165, 1.54) is 0 Å². The summed E-state index contributed by atoms with van der Waals surface area (Å²) in [7, 11) is 3.34. The number of unbranched alkanes of at least 4 members (excludes halogenated alkanes) is 1. The summed E-state index contributed by atoms with van der Waals surface area (Å²) in [5.74, 6) is 1.38. The predicted molar refractivity (Wildman–Crippen MR) is 231 cm³/mol. The van der Waals surface area contributed by atoms with E-state index in [1.54, 1.807) is 26.7 Å². The van der Waals surface area contributed by atoms with Gasteiger partial charge in [0.05, 0.1) is 27.0 Å². The number of aliphatic hydroxyl groups excluding tert-OH is 1. The summed E-state index contributed by atoms with van der Waals surface area (Å²) >= 11 is 0. The SMILES string of the molecule is COc1ccc(C(OCCCCN(n2cnc3cncnc32)C(c2ccccc2)(c2ccccc2)c2ccccc2OC)(c2ccccc2)c2ccccc2)cc1CO. The quantitative estimate of drug-likeness (QED) is 0.0723. The molecule has 9 heteroatoms. The van der Waals surface area contributed by atoms with Crippen molar-refractivity contribution in [3.63, 3.8) is 0 Å². The van der Waals surface area contributed by atoms with E-state index in [4.69, 9.17) is 24.2 Å². The van der Waals surface area contributed by atoms with Crippen LogP contribution in [0.4, 0.5) is 0 Å². The summed E-state index contributed by atoms with van der Waals surface area (Å²) in [4.78, 5) is 13.9. The fraction of sp³-hybridized carbons (Fsp3) is 0.180. The van der Waals surface area contributed by atoms with Gasteiger partial charge in [-0.1, -0.05) is 146 Å². The van der Waals surface area contributed by atoms with Gasteiger partial charge in [0, 0.05) is 24.3 Å². The molecule has 0 unspecified atom stereocenters. The van der Waals surface area contributed by atoms with Crippen molar-refractivity contribution in [3.05, 3.63) is 222 Å². The molecule has 1 N–H and O–H groups in total. The number of para-hydroxylation sites is 1. The maximum Gasteiger partial charge on any atom is 0.182 e. The summed E-state index contributed by atoms with van der Waals surface area (Å²) < 4.78 is 21.1. The van der Waals surface area contributed by atoms with E-state index in [2.05, 4.69) is 99.6 Å². The minimum atomic E-state index is -0.981. The van der Waals surface area contributed by atoms with Gasteiger partial charge in [-0.3, -0.25) is 5.01 Å². The Morgan fingerprint density at radius 2 is 1.19 bits per heavy atom. The van der Waals surface area contributed by atoms with Gasteiger partial charge < -0.3 is 19.3 Å². The summed E-state index contributed by atoms with van der Waals surface area (Å²) in [5.41, 5.74) is 6.11. The third-order valence-electron chi connectivity index (χ3n) is 11.0. The number of benzene rings is 6. The fourth-order valence-electron chi connectivity index (χ4n) is 8.39. The third-order valence-corrected chi connectivity index (χ3v) is 11.0. The molecular formula is C50H47N5O4. The van der Waals surface area contributed by atoms with Crippen molar-refractivity contribution in [3.8, 4) is 11.5 Å². The van der Waals surface area contributed by atoms with Crippen molar-refractivity contribution in [2.24, 2.45) is 0 Å². The van der Waals surface area contributed by atoms with E-state index in [9.17, 15) is 5.11 Å². The first-order valence-electron chi connectivity index (χ1n) is 19.8. The molecule has 9 nitrogen and oxygen atoms in total. The normalized spacial score (nSPS) is 11.7. The first-order valence-corrected chi connectivity index (χ1v) is 19.8. The Bertz CT molecular complexity index is 2490. The van der Waals surface area contributed by atoms with Crippen LogP contribution in [0.15, 0.2) is 183 Å². The van der Waals surface area contributed by atoms with Gasteiger partial charge in [0.25, 0.3) is 0 Å². The number of hydrogen-bond donors (Lipinski definition) is 1. The lowest BCUT2D eigenvalue weighted by Gasteiger charge is -2.47. The molecule has 8 aromatic rings. The average Bonchev–Trinajstić information content (AvgIpc) is 3.75. The highest BCUT2D eigenvalue weighted by Crippen LogP contribution is 2.46. The lowest BCUT2D eigenvalue weighted by molar-refractivity contribution is 0.0107. The first-order chi connectivity index (χ1) is 29.1. The van der Waals surface area contributed by atoms with Gasteiger partial charge in [-0.15, -0.1) is 0 Å². The zero-order valence-corrected chi connectivity index (χ0v) is 33.3. The Kier molecular flexibility index (Phi) is 11.8. The van der Waals surface area contributed by atoms with Crippen molar-refractivity contribution in [1.82, 2.24) is 19.6 Å². The molecule has 2 aromatic heterocycles. The zero-order chi connectivity index (χ0) is 40.5. The highest BCUT2D eigenvalue weighted by molar-refractivity contribution is 5.70. The van der Waals surface area contributed by atoms with Gasteiger partial charge in [0.1, 0.15) is 40.8 Å². The van der Waals surface area contributed by atoms with E-state index in [0.717, 1.165) is 45.6 Å². The van der Waals surface area contributed by atoms with Gasteiger partial charge in [-0.05, 0) is 58.9 Å². The molecule has 0 saturated carbocycles. The van der Waals surface area contributed by atoms with Crippen molar-refractivity contribution < 1.29 is 19.3 Å². The minimum absolute atomic E-state index is 0.170. The Morgan fingerprint density at radius 1 is 0.610 bits per heavy atom. The lowest BCUT2D eigenvalue weighted by atomic mass is 9.75. The first kappa shape index (κ1) is 39.0. The molecule has 2 heterocycles. The van der Waals surface area contributed by atoms with Crippen LogP contribution in [-0.2, 0) is 22.5 Å². The van der Waals surface area contributed by atoms with Crippen LogP contribution in [0.25, 0.3) is 11.2 Å². The second-order valence-corrected chi connectivity index (χ2v) is 14.2. The van der Waals surface area contributed by atoms with Crippen LogP contribution < -0.4 is 14.5 Å². The second-order valence-electron chi connectivity index (χ2n) is 14.2. The van der Waals surface area contributed by atoms with Gasteiger partial charge in [0.2, 0.25) is 0 Å². The second kappa shape index (κ2) is 17.8. The molecule has 0 saturated heterocycles. The maximum atomic E-state index is 10.4. The zero-order valence-electron chi connectivity index (χ0n) is 33.3. The Labute approximate surface area is 345 Å². The monoisotopic (exact) mass is 781 g/mol.